The first-order chi connectivity index (χ1) is 13.9. The van der Waals surface area contributed by atoms with Crippen molar-refractivity contribution in [2.75, 3.05) is 24.7 Å². The van der Waals surface area contributed by atoms with Crippen molar-refractivity contribution >= 4 is 23.8 Å². The number of carbonyl (C=O) groups is 1. The first-order valence-electron chi connectivity index (χ1n) is 9.70. The lowest BCUT2D eigenvalue weighted by molar-refractivity contribution is 0.0815. The van der Waals surface area contributed by atoms with Gasteiger partial charge in [0.1, 0.15) is 23.2 Å². The molecule has 0 saturated heterocycles. The molecule has 8 nitrogen and oxygen atoms in total. The fourth-order valence-electron chi connectivity index (χ4n) is 3.64. The molecule has 0 radical (unpaired) electrons. The summed E-state index contributed by atoms with van der Waals surface area (Å²) in [6.07, 6.45) is 7.09. The molecular formula is C21H28N6O2. The van der Waals surface area contributed by atoms with Gasteiger partial charge in [-0.1, -0.05) is 25.5 Å². The Labute approximate surface area is 170 Å². The molecule has 154 valence electrons. The smallest absolute Gasteiger partial charge is 0.270 e. The second-order valence-electron chi connectivity index (χ2n) is 7.42. The number of hydrogen-bond acceptors (Lipinski definition) is 6. The van der Waals surface area contributed by atoms with Gasteiger partial charge in [0.15, 0.2) is 0 Å². The highest BCUT2D eigenvalue weighted by Gasteiger charge is 2.28. The summed E-state index contributed by atoms with van der Waals surface area (Å²) >= 11 is 0. The maximum Gasteiger partial charge on any atom is 0.270 e. The first-order valence-corrected chi connectivity index (χ1v) is 9.70. The second kappa shape index (κ2) is 8.91. The van der Waals surface area contributed by atoms with Crippen LogP contribution in [0.2, 0.25) is 0 Å². The van der Waals surface area contributed by atoms with E-state index < -0.39 is 0 Å². The standard InChI is InChI=1S/C21H28N6O2/c1-14(24-19-9-8-15(13-28)12-23-19)25-20-16(11-22)10-18(21(29)26(2)3)27(20)17-6-4-5-7-17/h8-12,17,22,25,28H,1,4-7,13H2,2-3H3,(H,23,24). The maximum absolute atomic E-state index is 12.8. The van der Waals surface area contributed by atoms with Gasteiger partial charge in [-0.2, -0.15) is 0 Å². The van der Waals surface area contributed by atoms with Crippen LogP contribution in [0, 0.1) is 5.41 Å². The van der Waals surface area contributed by atoms with E-state index in [0.717, 1.165) is 31.2 Å². The van der Waals surface area contributed by atoms with Crippen LogP contribution < -0.4 is 10.6 Å². The minimum atomic E-state index is -0.0899. The Hall–Kier alpha value is -3.13. The lowest BCUT2D eigenvalue weighted by atomic mass is 10.2. The summed E-state index contributed by atoms with van der Waals surface area (Å²) in [6, 6.07) is 5.51. The first kappa shape index (κ1) is 20.6. The Kier molecular flexibility index (Phi) is 6.33. The largest absolute Gasteiger partial charge is 0.392 e. The molecule has 1 fully saturated rings. The fraction of sp³-hybridized carbons (Fsp3) is 0.381. The van der Waals surface area contributed by atoms with Crippen LogP contribution in [0.25, 0.3) is 0 Å². The SMILES string of the molecule is C=C(Nc1ccc(CO)cn1)Nc1c(C=N)cc(C(=O)N(C)C)n1C1CCCC1. The lowest BCUT2D eigenvalue weighted by Crippen LogP contribution is -2.26. The number of nitrogens with one attached hydrogen (secondary N) is 3. The molecule has 0 unspecified atom stereocenters. The second-order valence-corrected chi connectivity index (χ2v) is 7.42. The van der Waals surface area contributed by atoms with Crippen molar-refractivity contribution < 1.29 is 9.90 Å². The third kappa shape index (κ3) is 4.48. The number of carbonyl (C=O) groups excluding carboxylic acids is 1. The summed E-state index contributed by atoms with van der Waals surface area (Å²) in [6.45, 7) is 3.96. The molecule has 8 heteroatoms. The van der Waals surface area contributed by atoms with Crippen molar-refractivity contribution in [1.29, 1.82) is 5.41 Å². The minimum Gasteiger partial charge on any atom is -0.392 e. The van der Waals surface area contributed by atoms with E-state index in [-0.39, 0.29) is 18.6 Å². The predicted octanol–water partition coefficient (Wildman–Crippen LogP) is 3.19. The van der Waals surface area contributed by atoms with Crippen LogP contribution in [0.4, 0.5) is 11.6 Å². The number of rotatable bonds is 8. The normalized spacial score (nSPS) is 13.9. The van der Waals surface area contributed by atoms with Gasteiger partial charge < -0.3 is 30.6 Å². The van der Waals surface area contributed by atoms with Crippen molar-refractivity contribution in [1.82, 2.24) is 14.5 Å². The van der Waals surface area contributed by atoms with Gasteiger partial charge in [0, 0.05) is 38.1 Å². The highest BCUT2D eigenvalue weighted by atomic mass is 16.3. The van der Waals surface area contributed by atoms with Crippen molar-refractivity contribution in [2.45, 2.75) is 38.3 Å². The van der Waals surface area contributed by atoms with E-state index in [4.69, 9.17) is 10.5 Å². The number of aliphatic hydroxyl groups excluding tert-OH is 1. The Bertz CT molecular complexity index is 895. The Morgan fingerprint density at radius 3 is 2.66 bits per heavy atom. The van der Waals surface area contributed by atoms with Crippen molar-refractivity contribution in [3.05, 3.63) is 53.6 Å². The zero-order valence-electron chi connectivity index (χ0n) is 16.9. The van der Waals surface area contributed by atoms with Gasteiger partial charge in [-0.25, -0.2) is 4.98 Å². The summed E-state index contributed by atoms with van der Waals surface area (Å²) in [4.78, 5) is 18.6. The van der Waals surface area contributed by atoms with Crippen molar-refractivity contribution in [2.24, 2.45) is 0 Å². The third-order valence-electron chi connectivity index (χ3n) is 5.09. The predicted molar refractivity (Wildman–Crippen MR) is 114 cm³/mol. The van der Waals surface area contributed by atoms with Gasteiger partial charge in [-0.05, 0) is 30.5 Å². The van der Waals surface area contributed by atoms with E-state index in [1.807, 2.05) is 4.57 Å². The summed E-state index contributed by atoms with van der Waals surface area (Å²) in [5.74, 6) is 1.66. The third-order valence-corrected chi connectivity index (χ3v) is 5.09. The van der Waals surface area contributed by atoms with E-state index in [1.54, 1.807) is 43.4 Å². The fourth-order valence-corrected chi connectivity index (χ4v) is 3.64. The van der Waals surface area contributed by atoms with Gasteiger partial charge in [0.25, 0.3) is 5.91 Å². The van der Waals surface area contributed by atoms with Crippen LogP contribution in [-0.2, 0) is 6.61 Å². The number of amides is 1. The molecule has 1 amide bonds. The van der Waals surface area contributed by atoms with E-state index in [0.29, 0.717) is 28.7 Å². The molecule has 0 bridgehead atoms. The number of pyridine rings is 1. The summed E-state index contributed by atoms with van der Waals surface area (Å²) in [7, 11) is 3.46. The number of hydrogen-bond donors (Lipinski definition) is 4. The topological polar surface area (TPSA) is 106 Å². The number of aliphatic hydroxyl groups is 1. The molecule has 1 saturated carbocycles. The average Bonchev–Trinajstić information content (AvgIpc) is 3.35. The average molecular weight is 396 g/mol. The van der Waals surface area contributed by atoms with Gasteiger partial charge >= 0.3 is 0 Å². The van der Waals surface area contributed by atoms with Crippen LogP contribution in [0.15, 0.2) is 36.8 Å². The highest BCUT2D eigenvalue weighted by Crippen LogP contribution is 2.36. The number of aromatic nitrogens is 2. The number of nitrogens with zero attached hydrogens (tertiary/aromatic N) is 3. The zero-order valence-corrected chi connectivity index (χ0v) is 16.9. The molecule has 2 heterocycles. The van der Waals surface area contributed by atoms with Gasteiger partial charge in [0.2, 0.25) is 0 Å². The van der Waals surface area contributed by atoms with Crippen LogP contribution in [0.1, 0.15) is 53.3 Å². The van der Waals surface area contributed by atoms with Gasteiger partial charge in [-0.3, -0.25) is 4.79 Å². The van der Waals surface area contributed by atoms with E-state index >= 15 is 0 Å². The van der Waals surface area contributed by atoms with Gasteiger partial charge in [-0.15, -0.1) is 0 Å². The summed E-state index contributed by atoms with van der Waals surface area (Å²) in [5, 5.41) is 23.3. The molecule has 3 rings (SSSR count). The Morgan fingerprint density at radius 2 is 2.10 bits per heavy atom. The van der Waals surface area contributed by atoms with Crippen LogP contribution >= 0.6 is 0 Å². The highest BCUT2D eigenvalue weighted by molar-refractivity contribution is 5.98. The Morgan fingerprint density at radius 1 is 1.38 bits per heavy atom. The van der Waals surface area contributed by atoms with Crippen molar-refractivity contribution in [3.8, 4) is 0 Å². The molecule has 0 spiro atoms. The molecule has 0 aliphatic heterocycles. The quantitative estimate of drug-likeness (QED) is 0.513. The molecule has 2 aromatic heterocycles. The van der Waals surface area contributed by atoms with Crippen LogP contribution in [0.5, 0.6) is 0 Å². The number of anilines is 2. The molecule has 0 atom stereocenters. The van der Waals surface area contributed by atoms with Gasteiger partial charge in [0.05, 0.1) is 6.61 Å². The lowest BCUT2D eigenvalue weighted by Gasteiger charge is -2.23. The molecular weight excluding hydrogens is 368 g/mol. The van der Waals surface area contributed by atoms with Crippen molar-refractivity contribution in [3.63, 3.8) is 0 Å². The minimum absolute atomic E-state index is 0.0627. The molecule has 0 aromatic carbocycles. The van der Waals surface area contributed by atoms with E-state index in [1.165, 1.54) is 6.21 Å². The molecule has 2 aromatic rings. The monoisotopic (exact) mass is 396 g/mol. The maximum atomic E-state index is 12.8. The van der Waals surface area contributed by atoms with Crippen LogP contribution in [0.3, 0.4) is 0 Å². The summed E-state index contributed by atoms with van der Waals surface area (Å²) < 4.78 is 2.02. The molecule has 1 aliphatic rings. The molecule has 4 N–H and O–H groups in total. The summed E-state index contributed by atoms with van der Waals surface area (Å²) in [5.41, 5.74) is 1.93. The Balaban J connectivity index is 1.90. The van der Waals surface area contributed by atoms with Crippen LogP contribution in [-0.4, -0.2) is 45.8 Å². The molecule has 1 aliphatic carbocycles. The van der Waals surface area contributed by atoms with E-state index in [9.17, 15) is 4.79 Å². The molecule has 29 heavy (non-hydrogen) atoms. The van der Waals surface area contributed by atoms with E-state index in [2.05, 4.69) is 22.2 Å². The zero-order chi connectivity index (χ0) is 21.0.